The first-order valence-electron chi connectivity index (χ1n) is 4.77. The van der Waals surface area contributed by atoms with Gasteiger partial charge in [0.25, 0.3) is 0 Å². The molecule has 2 rings (SSSR count). The van der Waals surface area contributed by atoms with E-state index in [0.29, 0.717) is 5.56 Å². The van der Waals surface area contributed by atoms with E-state index >= 15 is 0 Å². The number of nitrogens with zero attached hydrogens (tertiary/aromatic N) is 2. The molecule has 80 valence electrons. The second-order valence-electron chi connectivity index (χ2n) is 3.17. The summed E-state index contributed by atoms with van der Waals surface area (Å²) >= 11 is 0. The zero-order valence-corrected chi connectivity index (χ0v) is 8.75. The number of aromatic nitrogens is 2. The molecule has 0 saturated heterocycles. The van der Waals surface area contributed by atoms with Crippen molar-refractivity contribution in [1.29, 1.82) is 0 Å². The number of benzene rings is 1. The van der Waals surface area contributed by atoms with Crippen LogP contribution in [0.1, 0.15) is 10.4 Å². The molecule has 0 saturated carbocycles. The van der Waals surface area contributed by atoms with Crippen LogP contribution >= 0.6 is 0 Å². The maximum atomic E-state index is 11.5. The van der Waals surface area contributed by atoms with Gasteiger partial charge < -0.3 is 4.74 Å². The molecule has 0 fully saturated rings. The SMILES string of the molecule is COC(=O)c1cnncc1-c1ccccc1. The molecule has 4 heteroatoms. The van der Waals surface area contributed by atoms with E-state index in [1.807, 2.05) is 30.3 Å². The van der Waals surface area contributed by atoms with E-state index in [1.54, 1.807) is 6.20 Å². The Labute approximate surface area is 92.9 Å². The minimum Gasteiger partial charge on any atom is -0.465 e. The molecule has 0 aliphatic rings. The Morgan fingerprint density at radius 1 is 1.12 bits per heavy atom. The standard InChI is InChI=1S/C12H10N2O2/c1-16-12(15)11-8-14-13-7-10(11)9-5-3-2-4-6-9/h2-8H,1H3. The van der Waals surface area contributed by atoms with E-state index in [4.69, 9.17) is 4.74 Å². The molecule has 0 radical (unpaired) electrons. The summed E-state index contributed by atoms with van der Waals surface area (Å²) in [5.74, 6) is -0.409. The van der Waals surface area contributed by atoms with E-state index in [0.717, 1.165) is 11.1 Å². The molecule has 16 heavy (non-hydrogen) atoms. The van der Waals surface area contributed by atoms with Gasteiger partial charge in [0.05, 0.1) is 25.1 Å². The Morgan fingerprint density at radius 3 is 2.50 bits per heavy atom. The fraction of sp³-hybridized carbons (Fsp3) is 0.0833. The third kappa shape index (κ3) is 1.91. The molecule has 0 aliphatic heterocycles. The molecular weight excluding hydrogens is 204 g/mol. The molecule has 0 atom stereocenters. The summed E-state index contributed by atoms with van der Waals surface area (Å²) in [5, 5.41) is 7.47. The second-order valence-corrected chi connectivity index (χ2v) is 3.17. The van der Waals surface area contributed by atoms with E-state index < -0.39 is 5.97 Å². The van der Waals surface area contributed by atoms with Crippen molar-refractivity contribution >= 4 is 5.97 Å². The highest BCUT2D eigenvalue weighted by molar-refractivity contribution is 5.96. The first-order chi connectivity index (χ1) is 7.83. The number of rotatable bonds is 2. The molecule has 0 N–H and O–H groups in total. The summed E-state index contributed by atoms with van der Waals surface area (Å²) in [5.41, 5.74) is 2.06. The predicted octanol–water partition coefficient (Wildman–Crippen LogP) is 1.93. The van der Waals surface area contributed by atoms with Crippen molar-refractivity contribution in [3.63, 3.8) is 0 Å². The Hall–Kier alpha value is -2.23. The van der Waals surface area contributed by atoms with Crippen LogP contribution in [0.5, 0.6) is 0 Å². The summed E-state index contributed by atoms with van der Waals surface area (Å²) in [6.07, 6.45) is 2.97. The largest absolute Gasteiger partial charge is 0.465 e. The quantitative estimate of drug-likeness (QED) is 0.717. The molecular formula is C12H10N2O2. The van der Waals surface area contributed by atoms with Gasteiger partial charge in [0.15, 0.2) is 0 Å². The van der Waals surface area contributed by atoms with Crippen LogP contribution in [0.25, 0.3) is 11.1 Å². The topological polar surface area (TPSA) is 52.1 Å². The highest BCUT2D eigenvalue weighted by atomic mass is 16.5. The number of hydrogen-bond acceptors (Lipinski definition) is 4. The number of carbonyl (C=O) groups is 1. The third-order valence-corrected chi connectivity index (χ3v) is 2.22. The molecule has 0 spiro atoms. The van der Waals surface area contributed by atoms with Gasteiger partial charge in [0.2, 0.25) is 0 Å². The average molecular weight is 214 g/mol. The second kappa shape index (κ2) is 4.53. The van der Waals surface area contributed by atoms with Gasteiger partial charge >= 0.3 is 5.97 Å². The Kier molecular flexibility index (Phi) is 2.91. The number of hydrogen-bond donors (Lipinski definition) is 0. The summed E-state index contributed by atoms with van der Waals surface area (Å²) in [6.45, 7) is 0. The Balaban J connectivity index is 2.53. The maximum absolute atomic E-state index is 11.5. The minimum absolute atomic E-state index is 0.409. The average Bonchev–Trinajstić information content (AvgIpc) is 2.39. The van der Waals surface area contributed by atoms with Gasteiger partial charge in [-0.25, -0.2) is 4.79 Å². The van der Waals surface area contributed by atoms with Crippen LogP contribution in [0.3, 0.4) is 0 Å². The van der Waals surface area contributed by atoms with Crippen molar-refractivity contribution in [2.45, 2.75) is 0 Å². The smallest absolute Gasteiger partial charge is 0.340 e. The van der Waals surface area contributed by atoms with Gasteiger partial charge in [-0.05, 0) is 5.56 Å². The molecule has 1 aromatic heterocycles. The van der Waals surface area contributed by atoms with Crippen LogP contribution in [0.4, 0.5) is 0 Å². The lowest BCUT2D eigenvalue weighted by Gasteiger charge is -2.05. The van der Waals surface area contributed by atoms with Gasteiger partial charge in [0.1, 0.15) is 0 Å². The monoisotopic (exact) mass is 214 g/mol. The van der Waals surface area contributed by atoms with E-state index in [9.17, 15) is 4.79 Å². The van der Waals surface area contributed by atoms with Crippen LogP contribution in [0, 0.1) is 0 Å². The van der Waals surface area contributed by atoms with E-state index in [-0.39, 0.29) is 0 Å². The minimum atomic E-state index is -0.409. The number of esters is 1. The first kappa shape index (κ1) is 10.3. The van der Waals surface area contributed by atoms with Crippen molar-refractivity contribution in [3.8, 4) is 11.1 Å². The molecule has 1 aromatic carbocycles. The fourth-order valence-electron chi connectivity index (χ4n) is 1.44. The molecule has 0 aliphatic carbocycles. The van der Waals surface area contributed by atoms with Gasteiger partial charge in [0, 0.05) is 5.56 Å². The van der Waals surface area contributed by atoms with Crippen LogP contribution in [0.2, 0.25) is 0 Å². The molecule has 0 amide bonds. The maximum Gasteiger partial charge on any atom is 0.340 e. The van der Waals surface area contributed by atoms with Crippen molar-refractivity contribution in [1.82, 2.24) is 10.2 Å². The first-order valence-corrected chi connectivity index (χ1v) is 4.77. The summed E-state index contributed by atoms with van der Waals surface area (Å²) in [4.78, 5) is 11.5. The lowest BCUT2D eigenvalue weighted by molar-refractivity contribution is 0.0601. The Bertz CT molecular complexity index is 497. The van der Waals surface area contributed by atoms with Gasteiger partial charge in [-0.15, -0.1) is 0 Å². The van der Waals surface area contributed by atoms with E-state index in [2.05, 4.69) is 10.2 Å². The lowest BCUT2D eigenvalue weighted by atomic mass is 10.0. The van der Waals surface area contributed by atoms with Gasteiger partial charge in [-0.2, -0.15) is 10.2 Å². The van der Waals surface area contributed by atoms with Crippen LogP contribution in [-0.2, 0) is 4.74 Å². The molecule has 0 unspecified atom stereocenters. The highest BCUT2D eigenvalue weighted by Crippen LogP contribution is 2.21. The van der Waals surface area contributed by atoms with Gasteiger partial charge in [-0.1, -0.05) is 30.3 Å². The lowest BCUT2D eigenvalue weighted by Crippen LogP contribution is -2.05. The zero-order chi connectivity index (χ0) is 11.4. The molecule has 1 heterocycles. The van der Waals surface area contributed by atoms with Crippen molar-refractivity contribution < 1.29 is 9.53 Å². The van der Waals surface area contributed by atoms with Crippen LogP contribution < -0.4 is 0 Å². The van der Waals surface area contributed by atoms with Crippen molar-refractivity contribution in [3.05, 3.63) is 48.3 Å². The third-order valence-electron chi connectivity index (χ3n) is 2.22. The van der Waals surface area contributed by atoms with Crippen molar-refractivity contribution in [2.75, 3.05) is 7.11 Å². The normalized spacial score (nSPS) is 9.81. The van der Waals surface area contributed by atoms with E-state index in [1.165, 1.54) is 13.3 Å². The van der Waals surface area contributed by atoms with Crippen molar-refractivity contribution in [2.24, 2.45) is 0 Å². The Morgan fingerprint density at radius 2 is 1.81 bits per heavy atom. The molecule has 4 nitrogen and oxygen atoms in total. The summed E-state index contributed by atoms with van der Waals surface area (Å²) < 4.78 is 4.69. The predicted molar refractivity (Wildman–Crippen MR) is 58.8 cm³/mol. The van der Waals surface area contributed by atoms with Gasteiger partial charge in [-0.3, -0.25) is 0 Å². The van der Waals surface area contributed by atoms with Crippen LogP contribution in [0.15, 0.2) is 42.7 Å². The fourth-order valence-corrected chi connectivity index (χ4v) is 1.44. The number of ether oxygens (including phenoxy) is 1. The zero-order valence-electron chi connectivity index (χ0n) is 8.75. The molecule has 2 aromatic rings. The molecule has 0 bridgehead atoms. The number of carbonyl (C=O) groups excluding carboxylic acids is 1. The van der Waals surface area contributed by atoms with Crippen LogP contribution in [-0.4, -0.2) is 23.3 Å². The highest BCUT2D eigenvalue weighted by Gasteiger charge is 2.13. The summed E-state index contributed by atoms with van der Waals surface area (Å²) in [6, 6.07) is 9.52. The summed E-state index contributed by atoms with van der Waals surface area (Å²) in [7, 11) is 1.34. The number of methoxy groups -OCH3 is 1.